The molecule has 0 bridgehead atoms. The molecule has 1 saturated carbocycles. The quantitative estimate of drug-likeness (QED) is 0.888. The minimum atomic E-state index is -1.15. The van der Waals surface area contributed by atoms with E-state index in [4.69, 9.17) is 10.4 Å². The second-order valence-electron chi connectivity index (χ2n) is 4.15. The van der Waals surface area contributed by atoms with E-state index in [1.807, 2.05) is 0 Å². The van der Waals surface area contributed by atoms with Crippen molar-refractivity contribution in [3.63, 3.8) is 0 Å². The highest BCUT2D eigenvalue weighted by Gasteiger charge is 2.33. The smallest absolute Gasteiger partial charge is 0.323 e. The second kappa shape index (κ2) is 4.61. The number of carboxylic acid groups (broad SMARTS) is 1. The van der Waals surface area contributed by atoms with Crippen molar-refractivity contribution in [3.8, 4) is 6.07 Å². The zero-order valence-corrected chi connectivity index (χ0v) is 9.36. The van der Waals surface area contributed by atoms with Gasteiger partial charge in [-0.2, -0.15) is 5.26 Å². The molecule has 1 aromatic rings. The third-order valence-electron chi connectivity index (χ3n) is 2.73. The van der Waals surface area contributed by atoms with E-state index in [0.717, 1.165) is 12.1 Å². The van der Waals surface area contributed by atoms with E-state index in [9.17, 15) is 13.6 Å². The van der Waals surface area contributed by atoms with Gasteiger partial charge in [0, 0.05) is 6.04 Å². The third kappa shape index (κ3) is 2.40. The van der Waals surface area contributed by atoms with E-state index in [-0.39, 0.29) is 17.3 Å². The molecule has 1 aliphatic carbocycles. The number of hydrogen-bond acceptors (Lipinski definition) is 3. The number of hydrogen-bond donors (Lipinski definition) is 1. The van der Waals surface area contributed by atoms with Crippen LogP contribution in [0.3, 0.4) is 0 Å². The van der Waals surface area contributed by atoms with E-state index in [1.165, 1.54) is 4.90 Å². The lowest BCUT2D eigenvalue weighted by Gasteiger charge is -2.23. The molecule has 0 amide bonds. The van der Waals surface area contributed by atoms with Crippen molar-refractivity contribution in [2.75, 3.05) is 11.4 Å². The summed E-state index contributed by atoms with van der Waals surface area (Å²) in [5.74, 6) is -2.95. The van der Waals surface area contributed by atoms with Gasteiger partial charge in [0.15, 0.2) is 11.6 Å². The maximum atomic E-state index is 13.8. The second-order valence-corrected chi connectivity index (χ2v) is 4.15. The molecule has 1 aliphatic rings. The molecule has 0 radical (unpaired) electrons. The van der Waals surface area contributed by atoms with Crippen molar-refractivity contribution in [2.45, 2.75) is 18.9 Å². The first-order valence-electron chi connectivity index (χ1n) is 5.40. The Labute approximate surface area is 102 Å². The summed E-state index contributed by atoms with van der Waals surface area (Å²) in [7, 11) is 0. The number of anilines is 1. The van der Waals surface area contributed by atoms with Crippen LogP contribution in [0.2, 0.25) is 0 Å². The van der Waals surface area contributed by atoms with Crippen LogP contribution in [0.1, 0.15) is 18.4 Å². The summed E-state index contributed by atoms with van der Waals surface area (Å²) in [6, 6.07) is 3.33. The highest BCUT2D eigenvalue weighted by atomic mass is 19.1. The van der Waals surface area contributed by atoms with Crippen molar-refractivity contribution in [2.24, 2.45) is 0 Å². The molecular formula is C12H10F2N2O2. The van der Waals surface area contributed by atoms with Gasteiger partial charge in [-0.05, 0) is 25.0 Å². The SMILES string of the molecule is N#Cc1cc(F)c(N(CC(=O)O)C2CC2)c(F)c1. The number of halogens is 2. The van der Waals surface area contributed by atoms with Gasteiger partial charge >= 0.3 is 5.97 Å². The lowest BCUT2D eigenvalue weighted by Crippen LogP contribution is -2.33. The fourth-order valence-corrected chi connectivity index (χ4v) is 1.83. The molecule has 0 spiro atoms. The van der Waals surface area contributed by atoms with Gasteiger partial charge in [-0.1, -0.05) is 0 Å². The predicted molar refractivity (Wildman–Crippen MR) is 59.1 cm³/mol. The maximum Gasteiger partial charge on any atom is 0.323 e. The van der Waals surface area contributed by atoms with E-state index in [2.05, 4.69) is 0 Å². The minimum Gasteiger partial charge on any atom is -0.480 e. The Bertz CT molecular complexity index is 512. The van der Waals surface area contributed by atoms with Crippen LogP contribution in [-0.2, 0) is 4.79 Å². The number of nitrogens with zero attached hydrogens (tertiary/aromatic N) is 2. The van der Waals surface area contributed by atoms with Crippen LogP contribution in [0.5, 0.6) is 0 Å². The summed E-state index contributed by atoms with van der Waals surface area (Å²) in [5, 5.41) is 17.4. The van der Waals surface area contributed by atoms with Crippen LogP contribution < -0.4 is 4.90 Å². The molecule has 0 aromatic heterocycles. The van der Waals surface area contributed by atoms with Crippen LogP contribution in [0, 0.1) is 23.0 Å². The topological polar surface area (TPSA) is 64.3 Å². The van der Waals surface area contributed by atoms with Crippen LogP contribution in [0.15, 0.2) is 12.1 Å². The molecule has 0 saturated heterocycles. The number of nitriles is 1. The first-order valence-corrected chi connectivity index (χ1v) is 5.40. The normalized spacial score (nSPS) is 14.1. The summed E-state index contributed by atoms with van der Waals surface area (Å²) in [6.45, 7) is -0.454. The average Bonchev–Trinajstić information content (AvgIpc) is 3.09. The lowest BCUT2D eigenvalue weighted by molar-refractivity contribution is -0.135. The molecule has 6 heteroatoms. The van der Waals surface area contributed by atoms with Crippen molar-refractivity contribution >= 4 is 11.7 Å². The summed E-state index contributed by atoms with van der Waals surface area (Å²) in [4.78, 5) is 11.9. The van der Waals surface area contributed by atoms with E-state index >= 15 is 0 Å². The number of carbonyl (C=O) groups is 1. The van der Waals surface area contributed by atoms with Gasteiger partial charge in [-0.25, -0.2) is 8.78 Å². The van der Waals surface area contributed by atoms with Gasteiger partial charge in [0.05, 0.1) is 11.6 Å². The summed E-state index contributed by atoms with van der Waals surface area (Å²) >= 11 is 0. The molecular weight excluding hydrogens is 242 g/mol. The first kappa shape index (κ1) is 12.3. The Morgan fingerprint density at radius 2 is 2.00 bits per heavy atom. The van der Waals surface area contributed by atoms with E-state index in [0.29, 0.717) is 12.8 Å². The highest BCUT2D eigenvalue weighted by Crippen LogP contribution is 2.35. The van der Waals surface area contributed by atoms with Crippen molar-refractivity contribution < 1.29 is 18.7 Å². The average molecular weight is 252 g/mol. The molecule has 1 aromatic carbocycles. The number of aliphatic carboxylic acids is 1. The molecule has 1 N–H and O–H groups in total. The van der Waals surface area contributed by atoms with Crippen molar-refractivity contribution in [1.82, 2.24) is 0 Å². The van der Waals surface area contributed by atoms with E-state index in [1.54, 1.807) is 6.07 Å². The van der Waals surface area contributed by atoms with Gasteiger partial charge in [0.25, 0.3) is 0 Å². The summed E-state index contributed by atoms with van der Waals surface area (Å²) in [5.41, 5.74) is -0.487. The molecule has 18 heavy (non-hydrogen) atoms. The summed E-state index contributed by atoms with van der Waals surface area (Å²) < 4.78 is 27.5. The zero-order chi connectivity index (χ0) is 13.3. The zero-order valence-electron chi connectivity index (χ0n) is 9.36. The van der Waals surface area contributed by atoms with Crippen molar-refractivity contribution in [3.05, 3.63) is 29.3 Å². The Hall–Kier alpha value is -2.16. The van der Waals surface area contributed by atoms with E-state index < -0.39 is 24.1 Å². The van der Waals surface area contributed by atoms with Gasteiger partial charge in [0.2, 0.25) is 0 Å². The fraction of sp³-hybridized carbons (Fsp3) is 0.333. The molecule has 0 atom stereocenters. The van der Waals surface area contributed by atoms with Crippen LogP contribution in [0.25, 0.3) is 0 Å². The Kier molecular flexibility index (Phi) is 3.15. The molecule has 0 unspecified atom stereocenters. The summed E-state index contributed by atoms with van der Waals surface area (Å²) in [6.07, 6.45) is 1.43. The molecule has 0 aliphatic heterocycles. The number of benzene rings is 1. The van der Waals surface area contributed by atoms with Crippen molar-refractivity contribution in [1.29, 1.82) is 5.26 Å². The minimum absolute atomic E-state index is 0.125. The molecule has 2 rings (SSSR count). The maximum absolute atomic E-state index is 13.8. The van der Waals surface area contributed by atoms with Gasteiger partial charge in [0.1, 0.15) is 12.2 Å². The monoisotopic (exact) mass is 252 g/mol. The molecule has 4 nitrogen and oxygen atoms in total. The molecule has 0 heterocycles. The Balaban J connectivity index is 2.41. The predicted octanol–water partition coefficient (Wildman–Crippen LogP) is 1.89. The number of carboxylic acids is 1. The molecule has 1 fully saturated rings. The van der Waals surface area contributed by atoms with Crippen LogP contribution in [-0.4, -0.2) is 23.7 Å². The largest absolute Gasteiger partial charge is 0.480 e. The van der Waals surface area contributed by atoms with Gasteiger partial charge in [-0.15, -0.1) is 0 Å². The fourth-order valence-electron chi connectivity index (χ4n) is 1.83. The standard InChI is InChI=1S/C12H10F2N2O2/c13-9-3-7(5-15)4-10(14)12(9)16(6-11(17)18)8-1-2-8/h3-4,8H,1-2,6H2,(H,17,18). The lowest BCUT2D eigenvalue weighted by atomic mass is 10.2. The Morgan fingerprint density at radius 3 is 2.39 bits per heavy atom. The first-order chi connectivity index (χ1) is 8.52. The Morgan fingerprint density at radius 1 is 1.44 bits per heavy atom. The third-order valence-corrected chi connectivity index (χ3v) is 2.73. The van der Waals surface area contributed by atoms with Crippen LogP contribution in [0.4, 0.5) is 14.5 Å². The number of rotatable bonds is 4. The molecule has 94 valence electrons. The van der Waals surface area contributed by atoms with Gasteiger partial charge < -0.3 is 10.0 Å². The van der Waals surface area contributed by atoms with Crippen LogP contribution >= 0.6 is 0 Å². The van der Waals surface area contributed by atoms with Gasteiger partial charge in [-0.3, -0.25) is 4.79 Å². The highest BCUT2D eigenvalue weighted by molar-refractivity contribution is 5.74.